The Balaban J connectivity index is 1.38. The summed E-state index contributed by atoms with van der Waals surface area (Å²) in [6, 6.07) is 18.0. The molecule has 0 radical (unpaired) electrons. The quantitative estimate of drug-likeness (QED) is 0.718. The molecule has 2 aromatic rings. The number of hydrogen-bond acceptors (Lipinski definition) is 3. The number of nitrogens with one attached hydrogen (secondary N) is 2. The standard InChI is InChI=1S/C22H27N3O2/c1-18(26)20-7-9-21(10-8-20)25-15-13-24(14-16-25)17-22(27)23-12-11-19-5-3-2-4-6-19/h2-10H,11-17H2,1H3,(H,23,27)/p+1. The molecule has 1 aliphatic heterocycles. The average molecular weight is 366 g/mol. The van der Waals surface area contributed by atoms with Gasteiger partial charge in [-0.05, 0) is 43.2 Å². The lowest BCUT2D eigenvalue weighted by Gasteiger charge is -2.33. The molecule has 0 aromatic heterocycles. The molecule has 1 fully saturated rings. The third kappa shape index (κ3) is 5.66. The van der Waals surface area contributed by atoms with E-state index in [0.29, 0.717) is 13.1 Å². The lowest BCUT2D eigenvalue weighted by molar-refractivity contribution is -0.892. The second kappa shape index (κ2) is 9.33. The van der Waals surface area contributed by atoms with Crippen molar-refractivity contribution >= 4 is 17.4 Å². The Bertz CT molecular complexity index is 751. The Kier molecular flexibility index (Phi) is 6.60. The van der Waals surface area contributed by atoms with E-state index in [0.717, 1.165) is 43.9 Å². The number of hydrogen-bond donors (Lipinski definition) is 2. The van der Waals surface area contributed by atoms with Gasteiger partial charge in [0.05, 0.1) is 26.2 Å². The number of Topliss-reactive ketones (excluding diaryl/α,β-unsaturated/α-hetero) is 1. The Morgan fingerprint density at radius 2 is 1.67 bits per heavy atom. The van der Waals surface area contributed by atoms with Gasteiger partial charge in [-0.3, -0.25) is 9.59 Å². The first-order valence-electron chi connectivity index (χ1n) is 9.62. The zero-order chi connectivity index (χ0) is 19.1. The molecular weight excluding hydrogens is 338 g/mol. The summed E-state index contributed by atoms with van der Waals surface area (Å²) in [6.45, 7) is 6.54. The molecule has 0 aliphatic carbocycles. The van der Waals surface area contributed by atoms with Crippen LogP contribution in [0.5, 0.6) is 0 Å². The van der Waals surface area contributed by atoms with E-state index >= 15 is 0 Å². The molecule has 0 spiro atoms. The molecule has 3 rings (SSSR count). The summed E-state index contributed by atoms with van der Waals surface area (Å²) >= 11 is 0. The highest BCUT2D eigenvalue weighted by Crippen LogP contribution is 2.15. The Hall–Kier alpha value is -2.66. The van der Waals surface area contributed by atoms with Crippen molar-refractivity contribution in [2.24, 2.45) is 0 Å². The minimum atomic E-state index is 0.0918. The molecule has 27 heavy (non-hydrogen) atoms. The van der Waals surface area contributed by atoms with Gasteiger partial charge in [0.1, 0.15) is 0 Å². The van der Waals surface area contributed by atoms with E-state index in [2.05, 4.69) is 22.3 Å². The fourth-order valence-corrected chi connectivity index (χ4v) is 3.45. The first-order chi connectivity index (χ1) is 13.1. The number of ketones is 1. The van der Waals surface area contributed by atoms with E-state index in [9.17, 15) is 9.59 Å². The van der Waals surface area contributed by atoms with E-state index in [4.69, 9.17) is 0 Å². The van der Waals surface area contributed by atoms with E-state index in [-0.39, 0.29) is 11.7 Å². The fourth-order valence-electron chi connectivity index (χ4n) is 3.45. The summed E-state index contributed by atoms with van der Waals surface area (Å²) < 4.78 is 0. The van der Waals surface area contributed by atoms with E-state index in [1.807, 2.05) is 42.5 Å². The summed E-state index contributed by atoms with van der Waals surface area (Å²) in [7, 11) is 0. The largest absolute Gasteiger partial charge is 0.360 e. The molecule has 2 N–H and O–H groups in total. The summed E-state index contributed by atoms with van der Waals surface area (Å²) in [4.78, 5) is 27.2. The zero-order valence-corrected chi connectivity index (χ0v) is 15.9. The molecule has 2 aromatic carbocycles. The third-order valence-corrected chi connectivity index (χ3v) is 5.10. The van der Waals surface area contributed by atoms with Crippen molar-refractivity contribution in [3.05, 3.63) is 65.7 Å². The third-order valence-electron chi connectivity index (χ3n) is 5.10. The maximum absolute atomic E-state index is 12.2. The highest BCUT2D eigenvalue weighted by Gasteiger charge is 2.22. The van der Waals surface area contributed by atoms with Crippen LogP contribution in [0.2, 0.25) is 0 Å². The predicted octanol–water partition coefficient (Wildman–Crippen LogP) is 0.953. The van der Waals surface area contributed by atoms with Gasteiger partial charge in [-0.15, -0.1) is 0 Å². The van der Waals surface area contributed by atoms with Crippen LogP contribution in [0.15, 0.2) is 54.6 Å². The number of piperazine rings is 1. The number of carbonyl (C=O) groups excluding carboxylic acids is 2. The maximum Gasteiger partial charge on any atom is 0.275 e. The Morgan fingerprint density at radius 1 is 1.00 bits per heavy atom. The highest BCUT2D eigenvalue weighted by molar-refractivity contribution is 5.94. The molecule has 1 heterocycles. The second-order valence-electron chi connectivity index (χ2n) is 7.10. The van der Waals surface area contributed by atoms with Crippen molar-refractivity contribution < 1.29 is 14.5 Å². The number of benzene rings is 2. The molecule has 5 nitrogen and oxygen atoms in total. The van der Waals surface area contributed by atoms with Crippen molar-refractivity contribution in [2.45, 2.75) is 13.3 Å². The van der Waals surface area contributed by atoms with Gasteiger partial charge in [0.15, 0.2) is 12.3 Å². The fraction of sp³-hybridized carbons (Fsp3) is 0.364. The van der Waals surface area contributed by atoms with Crippen LogP contribution in [0.25, 0.3) is 0 Å². The lowest BCUT2D eigenvalue weighted by atomic mass is 10.1. The average Bonchev–Trinajstić information content (AvgIpc) is 2.69. The van der Waals surface area contributed by atoms with Gasteiger partial charge >= 0.3 is 0 Å². The number of rotatable bonds is 7. The smallest absolute Gasteiger partial charge is 0.275 e. The highest BCUT2D eigenvalue weighted by atomic mass is 16.2. The van der Waals surface area contributed by atoms with Gasteiger partial charge in [-0.2, -0.15) is 0 Å². The number of nitrogens with zero attached hydrogens (tertiary/aromatic N) is 1. The summed E-state index contributed by atoms with van der Waals surface area (Å²) in [5.74, 6) is 0.217. The number of anilines is 1. The van der Waals surface area contributed by atoms with Crippen LogP contribution in [-0.2, 0) is 11.2 Å². The maximum atomic E-state index is 12.2. The van der Waals surface area contributed by atoms with Crippen molar-refractivity contribution in [1.29, 1.82) is 0 Å². The minimum Gasteiger partial charge on any atom is -0.360 e. The van der Waals surface area contributed by atoms with Gasteiger partial charge in [-0.1, -0.05) is 30.3 Å². The first-order valence-corrected chi connectivity index (χ1v) is 9.62. The second-order valence-corrected chi connectivity index (χ2v) is 7.10. The van der Waals surface area contributed by atoms with Crippen LogP contribution >= 0.6 is 0 Å². The topological polar surface area (TPSA) is 53.9 Å². The molecule has 0 unspecified atom stereocenters. The van der Waals surface area contributed by atoms with Gasteiger partial charge in [0, 0.05) is 17.8 Å². The summed E-state index contributed by atoms with van der Waals surface area (Å²) in [5.41, 5.74) is 3.14. The van der Waals surface area contributed by atoms with Crippen LogP contribution in [0.3, 0.4) is 0 Å². The molecule has 1 saturated heterocycles. The molecule has 5 heteroatoms. The first kappa shape index (κ1) is 19.1. The van der Waals surface area contributed by atoms with Crippen molar-refractivity contribution in [1.82, 2.24) is 5.32 Å². The van der Waals surface area contributed by atoms with Crippen LogP contribution in [0.4, 0.5) is 5.69 Å². The predicted molar refractivity (Wildman–Crippen MR) is 107 cm³/mol. The number of quaternary nitrogens is 1. The van der Waals surface area contributed by atoms with Crippen molar-refractivity contribution in [2.75, 3.05) is 44.2 Å². The molecule has 0 bridgehead atoms. The van der Waals surface area contributed by atoms with Crippen LogP contribution in [0, 0.1) is 0 Å². The minimum absolute atomic E-state index is 0.0918. The SMILES string of the molecule is CC(=O)c1ccc(N2CC[NH+](CC(=O)NCCc3ccccc3)CC2)cc1. The lowest BCUT2D eigenvalue weighted by Crippen LogP contribution is -3.16. The molecule has 1 amide bonds. The van der Waals surface area contributed by atoms with Crippen molar-refractivity contribution in [3.63, 3.8) is 0 Å². The van der Waals surface area contributed by atoms with E-state index in [1.165, 1.54) is 10.5 Å². The van der Waals surface area contributed by atoms with Gasteiger partial charge < -0.3 is 15.1 Å². The summed E-state index contributed by atoms with van der Waals surface area (Å²) in [6.07, 6.45) is 0.867. The molecule has 1 aliphatic rings. The molecule has 0 atom stereocenters. The Morgan fingerprint density at radius 3 is 2.30 bits per heavy atom. The zero-order valence-electron chi connectivity index (χ0n) is 15.9. The molecule has 142 valence electrons. The van der Waals surface area contributed by atoms with Gasteiger partial charge in [0.2, 0.25) is 0 Å². The number of carbonyl (C=O) groups is 2. The monoisotopic (exact) mass is 366 g/mol. The van der Waals surface area contributed by atoms with Crippen LogP contribution in [-0.4, -0.2) is 51.0 Å². The summed E-state index contributed by atoms with van der Waals surface area (Å²) in [5, 5.41) is 3.03. The van der Waals surface area contributed by atoms with Crippen LogP contribution in [0.1, 0.15) is 22.8 Å². The Labute approximate surface area is 161 Å². The van der Waals surface area contributed by atoms with Gasteiger partial charge in [0.25, 0.3) is 5.91 Å². The molecular formula is C22H28N3O2+. The number of amides is 1. The van der Waals surface area contributed by atoms with E-state index < -0.39 is 0 Å². The van der Waals surface area contributed by atoms with E-state index in [1.54, 1.807) is 6.92 Å². The van der Waals surface area contributed by atoms with Gasteiger partial charge in [-0.25, -0.2) is 0 Å². The normalized spacial score (nSPS) is 14.8. The van der Waals surface area contributed by atoms with Crippen molar-refractivity contribution in [3.8, 4) is 0 Å². The van der Waals surface area contributed by atoms with Crippen LogP contribution < -0.4 is 15.1 Å². The molecule has 0 saturated carbocycles.